The van der Waals surface area contributed by atoms with Gasteiger partial charge >= 0.3 is 11.9 Å². The van der Waals surface area contributed by atoms with E-state index in [2.05, 4.69) is 10.6 Å². The van der Waals surface area contributed by atoms with Gasteiger partial charge in [0.2, 0.25) is 0 Å². The summed E-state index contributed by atoms with van der Waals surface area (Å²) in [6, 6.07) is 16.0. The number of hydrogen-bond donors (Lipinski definition) is 4. The van der Waals surface area contributed by atoms with Crippen LogP contribution in [0.2, 0.25) is 0 Å². The third-order valence-corrected chi connectivity index (χ3v) is 5.92. The highest BCUT2D eigenvalue weighted by Crippen LogP contribution is 2.30. The Morgan fingerprint density at radius 2 is 0.964 bits per heavy atom. The lowest BCUT2D eigenvalue weighted by molar-refractivity contribution is -0.137. The molecule has 8 nitrogen and oxygen atoms in total. The predicted molar refractivity (Wildman–Crippen MR) is 106 cm³/mol. The van der Waals surface area contributed by atoms with E-state index in [-0.39, 0.29) is 11.1 Å². The lowest BCUT2D eigenvalue weighted by Gasteiger charge is -2.17. The Morgan fingerprint density at radius 1 is 0.643 bits per heavy atom. The van der Waals surface area contributed by atoms with Crippen molar-refractivity contribution in [2.75, 3.05) is 0 Å². The Morgan fingerprint density at radius 3 is 1.25 bits per heavy atom. The van der Waals surface area contributed by atoms with Crippen molar-refractivity contribution in [2.24, 2.45) is 0 Å². The molecule has 2 aromatic carbocycles. The van der Waals surface area contributed by atoms with E-state index >= 15 is 0 Å². The highest BCUT2D eigenvalue weighted by molar-refractivity contribution is 8.77. The van der Waals surface area contributed by atoms with E-state index < -0.39 is 34.5 Å². The van der Waals surface area contributed by atoms with E-state index in [1.54, 1.807) is 36.4 Å². The summed E-state index contributed by atoms with van der Waals surface area (Å²) in [7, 11) is 1.23. The molecule has 2 aromatic rings. The Hall–Kier alpha value is -2.98. The number of nitrogens with one attached hydrogen (secondary N) is 2. The molecular weight excluding hydrogens is 404 g/mol. The van der Waals surface area contributed by atoms with Gasteiger partial charge in [-0.2, -0.15) is 0 Å². The molecule has 2 unspecified atom stereocenters. The van der Waals surface area contributed by atoms with Gasteiger partial charge in [0.15, 0.2) is 10.7 Å². The standard InChI is InChI=1S/C18H16N2O6S2/c21-13(11-7-3-1-4-8-11)19-15(17(23)24)27-28-16(18(25)26)20-14(22)12-9-5-2-6-10-12/h1-10,15-16H,(H,19,21)(H,20,22)(H,23,24)(H,25,26). The summed E-state index contributed by atoms with van der Waals surface area (Å²) in [6.45, 7) is 0. The summed E-state index contributed by atoms with van der Waals surface area (Å²) in [5.74, 6) is -3.91. The number of aliphatic carboxylic acids is 2. The van der Waals surface area contributed by atoms with Crippen LogP contribution in [0.15, 0.2) is 60.7 Å². The highest BCUT2D eigenvalue weighted by Gasteiger charge is 2.27. The summed E-state index contributed by atoms with van der Waals surface area (Å²) in [5, 5.41) is 20.4. The maximum atomic E-state index is 12.1. The summed E-state index contributed by atoms with van der Waals surface area (Å²) < 4.78 is 0. The molecule has 10 heteroatoms. The summed E-state index contributed by atoms with van der Waals surface area (Å²) in [4.78, 5) is 47.1. The zero-order chi connectivity index (χ0) is 20.5. The molecule has 0 spiro atoms. The van der Waals surface area contributed by atoms with Crippen LogP contribution in [0.4, 0.5) is 0 Å². The van der Waals surface area contributed by atoms with Gasteiger partial charge in [-0.3, -0.25) is 9.59 Å². The van der Waals surface area contributed by atoms with Crippen molar-refractivity contribution in [1.29, 1.82) is 0 Å². The van der Waals surface area contributed by atoms with Gasteiger partial charge in [-0.1, -0.05) is 58.0 Å². The SMILES string of the molecule is O=C(NC(SSC(NC(=O)c1ccccc1)C(=O)O)C(=O)O)c1ccccc1. The average Bonchev–Trinajstić information content (AvgIpc) is 2.70. The van der Waals surface area contributed by atoms with Gasteiger partial charge in [0.25, 0.3) is 11.8 Å². The van der Waals surface area contributed by atoms with E-state index in [0.717, 1.165) is 0 Å². The lowest BCUT2D eigenvalue weighted by atomic mass is 10.2. The van der Waals surface area contributed by atoms with Crippen LogP contribution in [0.1, 0.15) is 20.7 Å². The zero-order valence-electron chi connectivity index (χ0n) is 14.3. The lowest BCUT2D eigenvalue weighted by Crippen LogP contribution is -2.40. The molecule has 0 fully saturated rings. The zero-order valence-corrected chi connectivity index (χ0v) is 15.9. The van der Waals surface area contributed by atoms with Gasteiger partial charge < -0.3 is 20.8 Å². The number of carboxylic acid groups (broad SMARTS) is 2. The van der Waals surface area contributed by atoms with E-state index in [9.17, 15) is 29.4 Å². The van der Waals surface area contributed by atoms with Gasteiger partial charge in [-0.25, -0.2) is 9.59 Å². The number of hydrogen-bond acceptors (Lipinski definition) is 6. The largest absolute Gasteiger partial charge is 0.479 e. The number of rotatable bonds is 9. The Balaban J connectivity index is 1.99. The molecule has 0 aliphatic rings. The first kappa shape index (κ1) is 21.3. The van der Waals surface area contributed by atoms with Crippen molar-refractivity contribution >= 4 is 45.3 Å². The summed E-state index contributed by atoms with van der Waals surface area (Å²) in [5.41, 5.74) is 0.540. The van der Waals surface area contributed by atoms with E-state index in [1.165, 1.54) is 24.3 Å². The number of amides is 2. The fourth-order valence-corrected chi connectivity index (χ4v) is 4.10. The topological polar surface area (TPSA) is 133 Å². The van der Waals surface area contributed by atoms with Crippen LogP contribution in [-0.4, -0.2) is 44.7 Å². The van der Waals surface area contributed by atoms with Crippen LogP contribution in [-0.2, 0) is 9.59 Å². The maximum absolute atomic E-state index is 12.1. The van der Waals surface area contributed by atoms with Gasteiger partial charge in [-0.05, 0) is 24.3 Å². The molecule has 0 saturated carbocycles. The van der Waals surface area contributed by atoms with Gasteiger partial charge in [0.05, 0.1) is 0 Å². The predicted octanol–water partition coefficient (Wildman–Crippen LogP) is 2.05. The molecule has 0 radical (unpaired) electrons. The van der Waals surface area contributed by atoms with E-state index in [1.807, 2.05) is 0 Å². The maximum Gasteiger partial charge on any atom is 0.337 e. The molecule has 146 valence electrons. The third kappa shape index (κ3) is 6.32. The quantitative estimate of drug-likeness (QED) is 0.358. The Kier molecular flexibility index (Phi) is 7.90. The molecular formula is C18H16N2O6S2. The molecule has 0 aliphatic carbocycles. The van der Waals surface area contributed by atoms with Crippen LogP contribution in [0.5, 0.6) is 0 Å². The van der Waals surface area contributed by atoms with Crippen LogP contribution in [0.25, 0.3) is 0 Å². The Labute approximate surface area is 168 Å². The molecule has 0 aromatic heterocycles. The van der Waals surface area contributed by atoms with Crippen LogP contribution >= 0.6 is 21.6 Å². The number of carbonyl (C=O) groups is 4. The Bertz CT molecular complexity index is 776. The minimum absolute atomic E-state index is 0.270. The average molecular weight is 420 g/mol. The number of benzene rings is 2. The van der Waals surface area contributed by atoms with Gasteiger partial charge in [0.1, 0.15) is 0 Å². The normalized spacial score (nSPS) is 12.4. The second kappa shape index (κ2) is 10.4. The third-order valence-electron chi connectivity index (χ3n) is 3.29. The van der Waals surface area contributed by atoms with Crippen molar-refractivity contribution in [2.45, 2.75) is 10.7 Å². The van der Waals surface area contributed by atoms with Gasteiger partial charge in [-0.15, -0.1) is 0 Å². The monoisotopic (exact) mass is 420 g/mol. The minimum Gasteiger partial charge on any atom is -0.479 e. The molecule has 2 atom stereocenters. The van der Waals surface area contributed by atoms with E-state index in [4.69, 9.17) is 0 Å². The van der Waals surface area contributed by atoms with Crippen LogP contribution < -0.4 is 10.6 Å². The van der Waals surface area contributed by atoms with E-state index in [0.29, 0.717) is 21.6 Å². The van der Waals surface area contributed by atoms with Crippen LogP contribution in [0, 0.1) is 0 Å². The molecule has 0 bridgehead atoms. The smallest absolute Gasteiger partial charge is 0.337 e. The van der Waals surface area contributed by atoms with Crippen molar-refractivity contribution in [1.82, 2.24) is 10.6 Å². The van der Waals surface area contributed by atoms with Crippen molar-refractivity contribution in [3.05, 3.63) is 71.8 Å². The highest BCUT2D eigenvalue weighted by atomic mass is 33.1. The summed E-state index contributed by atoms with van der Waals surface area (Å²) in [6.07, 6.45) is 0. The molecule has 0 saturated heterocycles. The van der Waals surface area contributed by atoms with Crippen molar-refractivity contribution in [3.8, 4) is 0 Å². The van der Waals surface area contributed by atoms with Crippen LogP contribution in [0.3, 0.4) is 0 Å². The second-order valence-electron chi connectivity index (χ2n) is 5.31. The fourth-order valence-electron chi connectivity index (χ4n) is 1.95. The molecule has 4 N–H and O–H groups in total. The van der Waals surface area contributed by atoms with Crippen molar-refractivity contribution in [3.63, 3.8) is 0 Å². The molecule has 0 heterocycles. The molecule has 0 aliphatic heterocycles. The fraction of sp³-hybridized carbons (Fsp3) is 0.111. The summed E-state index contributed by atoms with van der Waals surface area (Å²) >= 11 is 0. The first-order valence-corrected chi connectivity index (χ1v) is 10.2. The van der Waals surface area contributed by atoms with Crippen molar-refractivity contribution < 1.29 is 29.4 Å². The molecule has 2 amide bonds. The van der Waals surface area contributed by atoms with Gasteiger partial charge in [0, 0.05) is 11.1 Å². The number of carboxylic acids is 2. The minimum atomic E-state index is -1.41. The first-order valence-electron chi connectivity index (χ1n) is 7.88. The second-order valence-corrected chi connectivity index (χ2v) is 7.79. The molecule has 28 heavy (non-hydrogen) atoms. The molecule has 2 rings (SSSR count). The first-order chi connectivity index (χ1) is 13.4. The number of carbonyl (C=O) groups excluding carboxylic acids is 2.